The fraction of sp³-hybridized carbons (Fsp3) is 0.125. The summed E-state index contributed by atoms with van der Waals surface area (Å²) >= 11 is 0. The van der Waals surface area contributed by atoms with Gasteiger partial charge in [-0.1, -0.05) is 18.2 Å². The first-order valence-electron chi connectivity index (χ1n) is 6.04. The van der Waals surface area contributed by atoms with Crippen molar-refractivity contribution in [3.8, 4) is 11.5 Å². The van der Waals surface area contributed by atoms with E-state index in [4.69, 9.17) is 10.5 Å². The van der Waals surface area contributed by atoms with E-state index >= 15 is 0 Å². The average Bonchev–Trinajstić information content (AvgIpc) is 2.38. The van der Waals surface area contributed by atoms with Crippen LogP contribution in [0.5, 0.6) is 11.5 Å². The molecule has 0 saturated heterocycles. The quantitative estimate of drug-likeness (QED) is 0.714. The van der Waals surface area contributed by atoms with Crippen molar-refractivity contribution >= 4 is 17.3 Å². The molecule has 2 aromatic carbocycles. The summed E-state index contributed by atoms with van der Waals surface area (Å²) in [7, 11) is 0. The van der Waals surface area contributed by atoms with Gasteiger partial charge in [-0.15, -0.1) is 0 Å². The number of hydrogen-bond acceptors (Lipinski definition) is 2. The Morgan fingerprint density at radius 2 is 1.89 bits per heavy atom. The average molecular weight is 237 g/mol. The molecule has 0 radical (unpaired) electrons. The zero-order valence-electron chi connectivity index (χ0n) is 10.5. The van der Waals surface area contributed by atoms with Gasteiger partial charge in [0.25, 0.3) is 0 Å². The monoisotopic (exact) mass is 237 g/mol. The lowest BCUT2D eigenvalue weighted by Gasteiger charge is -2.18. The van der Waals surface area contributed by atoms with E-state index in [9.17, 15) is 0 Å². The highest BCUT2D eigenvalue weighted by atomic mass is 16.5. The predicted octanol–water partition coefficient (Wildman–Crippen LogP) is 2.39. The van der Waals surface area contributed by atoms with E-state index in [1.807, 2.05) is 25.1 Å². The van der Waals surface area contributed by atoms with Gasteiger partial charge < -0.3 is 10.5 Å². The number of ether oxygens (including phenoxy) is 1. The van der Waals surface area contributed by atoms with E-state index in [0.717, 1.165) is 33.2 Å². The number of nitrogen functional groups attached to an aromatic ring is 1. The van der Waals surface area contributed by atoms with Crippen molar-refractivity contribution in [3.05, 3.63) is 52.4 Å². The molecule has 90 valence electrons. The zero-order valence-corrected chi connectivity index (χ0v) is 10.5. The maximum Gasteiger partial charge on any atom is 0.137 e. The lowest BCUT2D eigenvalue weighted by molar-refractivity contribution is 0.472. The third-order valence-corrected chi connectivity index (χ3v) is 3.37. The highest BCUT2D eigenvalue weighted by Crippen LogP contribution is 2.33. The fourth-order valence-corrected chi connectivity index (χ4v) is 2.31. The zero-order chi connectivity index (χ0) is 12.7. The summed E-state index contributed by atoms with van der Waals surface area (Å²) in [6, 6.07) is 12.1. The molecule has 0 bridgehead atoms. The molecule has 1 aliphatic heterocycles. The van der Waals surface area contributed by atoms with E-state index < -0.39 is 0 Å². The summed E-state index contributed by atoms with van der Waals surface area (Å²) < 4.78 is 5.95. The first kappa shape index (κ1) is 10.9. The molecule has 2 heteroatoms. The van der Waals surface area contributed by atoms with Gasteiger partial charge in [-0.2, -0.15) is 0 Å². The number of fused-ring (bicyclic) bond motifs is 2. The summed E-state index contributed by atoms with van der Waals surface area (Å²) in [6.45, 7) is 4.14. The first-order valence-corrected chi connectivity index (χ1v) is 6.04. The molecule has 18 heavy (non-hydrogen) atoms. The minimum atomic E-state index is 0.725. The Labute approximate surface area is 106 Å². The lowest BCUT2D eigenvalue weighted by atomic mass is 10.00. The number of rotatable bonds is 0. The molecule has 1 aliphatic rings. The molecule has 2 aromatic rings. The molecule has 0 amide bonds. The minimum Gasteiger partial charge on any atom is -0.456 e. The second-order valence-electron chi connectivity index (χ2n) is 4.53. The molecular weight excluding hydrogens is 222 g/mol. The second kappa shape index (κ2) is 3.91. The topological polar surface area (TPSA) is 35.2 Å². The van der Waals surface area contributed by atoms with Gasteiger partial charge in [0.15, 0.2) is 0 Å². The summed E-state index contributed by atoms with van der Waals surface area (Å²) in [6.07, 6.45) is 2.06. The second-order valence-corrected chi connectivity index (χ2v) is 4.53. The molecule has 0 aliphatic carbocycles. The SMILES string of the molecule is C/C=c1\ccc2c(c1)Oc1cc(N)ccc1C=2C. The Hall–Kier alpha value is -2.22. The van der Waals surface area contributed by atoms with Crippen LogP contribution >= 0.6 is 0 Å². The van der Waals surface area contributed by atoms with Crippen molar-refractivity contribution in [1.29, 1.82) is 0 Å². The number of benzene rings is 2. The Morgan fingerprint density at radius 1 is 1.06 bits per heavy atom. The number of nitrogens with two attached hydrogens (primary N) is 1. The molecule has 0 saturated carbocycles. The van der Waals surface area contributed by atoms with Crippen LogP contribution in [-0.2, 0) is 0 Å². The predicted molar refractivity (Wildman–Crippen MR) is 74.9 cm³/mol. The van der Waals surface area contributed by atoms with Crippen LogP contribution in [0, 0.1) is 0 Å². The summed E-state index contributed by atoms with van der Waals surface area (Å²) in [5.74, 6) is 1.74. The Bertz CT molecular complexity index is 744. The molecule has 0 aromatic heterocycles. The molecular formula is C16H15NO. The van der Waals surface area contributed by atoms with Crippen LogP contribution in [-0.4, -0.2) is 0 Å². The summed E-state index contributed by atoms with van der Waals surface area (Å²) in [5, 5.41) is 2.31. The first-order chi connectivity index (χ1) is 8.69. The van der Waals surface area contributed by atoms with Crippen LogP contribution in [0.2, 0.25) is 0 Å². The van der Waals surface area contributed by atoms with Gasteiger partial charge in [0.2, 0.25) is 0 Å². The van der Waals surface area contributed by atoms with E-state index in [2.05, 4.69) is 31.2 Å². The van der Waals surface area contributed by atoms with Crippen LogP contribution in [0.4, 0.5) is 5.69 Å². The van der Waals surface area contributed by atoms with E-state index in [0.29, 0.717) is 0 Å². The normalized spacial score (nSPS) is 13.9. The maximum absolute atomic E-state index is 5.95. The largest absolute Gasteiger partial charge is 0.456 e. The highest BCUT2D eigenvalue weighted by Gasteiger charge is 2.15. The Morgan fingerprint density at radius 3 is 2.67 bits per heavy atom. The molecule has 0 spiro atoms. The number of anilines is 1. The Balaban J connectivity index is 2.34. The van der Waals surface area contributed by atoms with Crippen LogP contribution in [0.1, 0.15) is 19.4 Å². The molecule has 0 unspecified atom stereocenters. The van der Waals surface area contributed by atoms with Crippen LogP contribution < -0.4 is 20.9 Å². The van der Waals surface area contributed by atoms with Crippen molar-refractivity contribution in [1.82, 2.24) is 0 Å². The number of hydrogen-bond donors (Lipinski definition) is 1. The lowest BCUT2D eigenvalue weighted by Crippen LogP contribution is -2.18. The van der Waals surface area contributed by atoms with Gasteiger partial charge in [-0.25, -0.2) is 0 Å². The standard InChI is InChI=1S/C16H15NO/c1-3-11-4-6-13-10(2)14-7-5-12(17)9-16(14)18-15(13)8-11/h3-9H,17H2,1-2H3/b11-3+. The third-order valence-electron chi connectivity index (χ3n) is 3.37. The van der Waals surface area contributed by atoms with E-state index in [-0.39, 0.29) is 0 Å². The molecule has 0 atom stereocenters. The summed E-state index contributed by atoms with van der Waals surface area (Å²) in [5.41, 5.74) is 8.88. The van der Waals surface area contributed by atoms with Crippen molar-refractivity contribution in [2.24, 2.45) is 0 Å². The van der Waals surface area contributed by atoms with E-state index in [1.54, 1.807) is 0 Å². The molecule has 3 rings (SSSR count). The van der Waals surface area contributed by atoms with Crippen LogP contribution in [0.15, 0.2) is 36.4 Å². The Kier molecular flexibility index (Phi) is 2.37. The van der Waals surface area contributed by atoms with Crippen molar-refractivity contribution < 1.29 is 4.74 Å². The van der Waals surface area contributed by atoms with Gasteiger partial charge in [-0.05, 0) is 42.8 Å². The third kappa shape index (κ3) is 1.58. The van der Waals surface area contributed by atoms with Crippen molar-refractivity contribution in [2.75, 3.05) is 5.73 Å². The smallest absolute Gasteiger partial charge is 0.137 e. The summed E-state index contributed by atoms with van der Waals surface area (Å²) in [4.78, 5) is 0. The van der Waals surface area contributed by atoms with Crippen molar-refractivity contribution in [2.45, 2.75) is 13.8 Å². The van der Waals surface area contributed by atoms with Crippen LogP contribution in [0.25, 0.3) is 11.6 Å². The van der Waals surface area contributed by atoms with Crippen molar-refractivity contribution in [3.63, 3.8) is 0 Å². The van der Waals surface area contributed by atoms with Gasteiger partial charge in [0.1, 0.15) is 11.5 Å². The van der Waals surface area contributed by atoms with Gasteiger partial charge in [0, 0.05) is 22.5 Å². The minimum absolute atomic E-state index is 0.725. The fourth-order valence-electron chi connectivity index (χ4n) is 2.31. The molecule has 0 fully saturated rings. The highest BCUT2D eigenvalue weighted by molar-refractivity contribution is 5.74. The molecule has 2 N–H and O–H groups in total. The van der Waals surface area contributed by atoms with Crippen LogP contribution in [0.3, 0.4) is 0 Å². The maximum atomic E-state index is 5.95. The molecule has 1 heterocycles. The van der Waals surface area contributed by atoms with E-state index in [1.165, 1.54) is 5.57 Å². The molecule has 2 nitrogen and oxygen atoms in total. The van der Waals surface area contributed by atoms with Gasteiger partial charge >= 0.3 is 0 Å². The van der Waals surface area contributed by atoms with Gasteiger partial charge in [0.05, 0.1) is 0 Å². The van der Waals surface area contributed by atoms with Gasteiger partial charge in [-0.3, -0.25) is 0 Å².